The molecule has 0 saturated heterocycles. The first-order valence-electron chi connectivity index (χ1n) is 6.57. The second-order valence-electron chi connectivity index (χ2n) is 4.91. The molecule has 0 aliphatic heterocycles. The lowest BCUT2D eigenvalue weighted by Crippen LogP contribution is -2.32. The first-order valence-corrected chi connectivity index (χ1v) is 6.57. The maximum Gasteiger partial charge on any atom is 0.118 e. The van der Waals surface area contributed by atoms with Crippen molar-refractivity contribution in [2.75, 3.05) is 7.11 Å². The van der Waals surface area contributed by atoms with E-state index in [4.69, 9.17) is 10.00 Å². The quantitative estimate of drug-likeness (QED) is 0.885. The van der Waals surface area contributed by atoms with Crippen molar-refractivity contribution in [3.05, 3.63) is 29.8 Å². The number of hydrogen-bond donors (Lipinski definition) is 1. The Morgan fingerprint density at radius 2 is 1.89 bits per heavy atom. The summed E-state index contributed by atoms with van der Waals surface area (Å²) in [5.41, 5.74) is 1.28. The summed E-state index contributed by atoms with van der Waals surface area (Å²) in [6.07, 6.45) is 4.32. The summed E-state index contributed by atoms with van der Waals surface area (Å²) in [5, 5.41) is 12.4. The van der Waals surface area contributed by atoms with Gasteiger partial charge in [0.15, 0.2) is 0 Å². The minimum Gasteiger partial charge on any atom is -0.497 e. The first-order chi connectivity index (χ1) is 8.81. The molecule has 0 radical (unpaired) electrons. The van der Waals surface area contributed by atoms with Gasteiger partial charge in [-0.25, -0.2) is 0 Å². The minimum atomic E-state index is 0.282. The van der Waals surface area contributed by atoms with E-state index in [1.165, 1.54) is 5.56 Å². The van der Waals surface area contributed by atoms with Crippen molar-refractivity contribution >= 4 is 0 Å². The Bertz CT molecular complexity index is 399. The number of ether oxygens (including phenoxy) is 1. The Kier molecular flexibility index (Phi) is 4.60. The molecule has 0 atom stereocenters. The van der Waals surface area contributed by atoms with Crippen LogP contribution in [0.3, 0.4) is 0 Å². The molecular formula is C15H20N2O. The highest BCUT2D eigenvalue weighted by Crippen LogP contribution is 2.23. The summed E-state index contributed by atoms with van der Waals surface area (Å²) in [4.78, 5) is 0. The molecule has 1 saturated carbocycles. The summed E-state index contributed by atoms with van der Waals surface area (Å²) in [6.45, 7) is 0.895. The molecule has 0 amide bonds. The van der Waals surface area contributed by atoms with Gasteiger partial charge in [0.2, 0.25) is 0 Å². The molecule has 3 nitrogen and oxygen atoms in total. The fourth-order valence-electron chi connectivity index (χ4n) is 2.43. The standard InChI is InChI=1S/C15H20N2O/c1-18-15-8-4-13(5-9-15)11-17-14-6-2-12(10-16)3-7-14/h4-5,8-9,12,14,17H,2-3,6-7,11H2,1H3. The van der Waals surface area contributed by atoms with E-state index in [1.807, 2.05) is 12.1 Å². The normalized spacial score (nSPS) is 23.3. The molecule has 3 heteroatoms. The van der Waals surface area contributed by atoms with Crippen molar-refractivity contribution in [2.45, 2.75) is 38.3 Å². The summed E-state index contributed by atoms with van der Waals surface area (Å²) in [6, 6.07) is 11.1. The number of hydrogen-bond acceptors (Lipinski definition) is 3. The predicted molar refractivity (Wildman–Crippen MR) is 71.2 cm³/mol. The van der Waals surface area contributed by atoms with Crippen molar-refractivity contribution in [3.63, 3.8) is 0 Å². The van der Waals surface area contributed by atoms with Gasteiger partial charge in [-0.05, 0) is 43.4 Å². The van der Waals surface area contributed by atoms with E-state index in [0.717, 1.165) is 38.0 Å². The zero-order valence-electron chi connectivity index (χ0n) is 10.9. The van der Waals surface area contributed by atoms with Gasteiger partial charge < -0.3 is 10.1 Å². The highest BCUT2D eigenvalue weighted by molar-refractivity contribution is 5.27. The van der Waals surface area contributed by atoms with Crippen molar-refractivity contribution in [3.8, 4) is 11.8 Å². The van der Waals surface area contributed by atoms with Gasteiger partial charge in [-0.3, -0.25) is 0 Å². The van der Waals surface area contributed by atoms with Gasteiger partial charge >= 0.3 is 0 Å². The second-order valence-corrected chi connectivity index (χ2v) is 4.91. The molecule has 0 spiro atoms. The summed E-state index contributed by atoms with van der Waals surface area (Å²) in [5.74, 6) is 1.18. The smallest absolute Gasteiger partial charge is 0.118 e. The molecule has 1 aromatic carbocycles. The number of benzene rings is 1. The van der Waals surface area contributed by atoms with Crippen molar-refractivity contribution in [2.24, 2.45) is 5.92 Å². The number of nitriles is 1. The second kappa shape index (κ2) is 6.42. The van der Waals surface area contributed by atoms with Crippen LogP contribution in [0.1, 0.15) is 31.2 Å². The van der Waals surface area contributed by atoms with Crippen LogP contribution >= 0.6 is 0 Å². The maximum absolute atomic E-state index is 8.85. The fourth-order valence-corrected chi connectivity index (χ4v) is 2.43. The summed E-state index contributed by atoms with van der Waals surface area (Å²) in [7, 11) is 1.68. The van der Waals surface area contributed by atoms with Gasteiger partial charge in [-0.15, -0.1) is 0 Å². The van der Waals surface area contributed by atoms with Crippen molar-refractivity contribution in [1.82, 2.24) is 5.32 Å². The molecule has 0 bridgehead atoms. The van der Waals surface area contributed by atoms with Crippen LogP contribution in [0.5, 0.6) is 5.75 Å². The van der Waals surface area contributed by atoms with Crippen LogP contribution in [0.2, 0.25) is 0 Å². The average Bonchev–Trinajstić information content (AvgIpc) is 2.46. The summed E-state index contributed by atoms with van der Waals surface area (Å²) < 4.78 is 5.14. The molecule has 0 heterocycles. The topological polar surface area (TPSA) is 45.0 Å². The average molecular weight is 244 g/mol. The Morgan fingerprint density at radius 3 is 2.44 bits per heavy atom. The van der Waals surface area contributed by atoms with Crippen LogP contribution in [0.25, 0.3) is 0 Å². The Labute approximate surface area is 109 Å². The number of nitrogens with one attached hydrogen (secondary N) is 1. The largest absolute Gasteiger partial charge is 0.497 e. The van der Waals surface area contributed by atoms with Crippen LogP contribution in [0.4, 0.5) is 0 Å². The van der Waals surface area contributed by atoms with Crippen LogP contribution in [0.15, 0.2) is 24.3 Å². The van der Waals surface area contributed by atoms with Gasteiger partial charge in [0.25, 0.3) is 0 Å². The van der Waals surface area contributed by atoms with E-state index < -0.39 is 0 Å². The molecule has 1 aliphatic rings. The minimum absolute atomic E-state index is 0.282. The third-order valence-electron chi connectivity index (χ3n) is 3.66. The molecule has 96 valence electrons. The van der Waals surface area contributed by atoms with E-state index in [0.29, 0.717) is 6.04 Å². The monoisotopic (exact) mass is 244 g/mol. The molecule has 2 rings (SSSR count). The number of methoxy groups -OCH3 is 1. The molecule has 1 fully saturated rings. The predicted octanol–water partition coefficient (Wildman–Crippen LogP) is 2.87. The molecular weight excluding hydrogens is 224 g/mol. The highest BCUT2D eigenvalue weighted by atomic mass is 16.5. The van der Waals surface area contributed by atoms with Crippen LogP contribution < -0.4 is 10.1 Å². The highest BCUT2D eigenvalue weighted by Gasteiger charge is 2.19. The zero-order valence-corrected chi connectivity index (χ0v) is 10.9. The summed E-state index contributed by atoms with van der Waals surface area (Å²) >= 11 is 0. The Hall–Kier alpha value is -1.53. The molecule has 18 heavy (non-hydrogen) atoms. The number of nitrogens with zero attached hydrogens (tertiary/aromatic N) is 1. The van der Waals surface area contributed by atoms with E-state index in [-0.39, 0.29) is 5.92 Å². The molecule has 1 aliphatic carbocycles. The van der Waals surface area contributed by atoms with Crippen molar-refractivity contribution < 1.29 is 4.74 Å². The molecule has 0 aromatic heterocycles. The van der Waals surface area contributed by atoms with E-state index in [2.05, 4.69) is 23.5 Å². The van der Waals surface area contributed by atoms with Gasteiger partial charge in [0.05, 0.1) is 13.2 Å². The zero-order chi connectivity index (χ0) is 12.8. The molecule has 1 N–H and O–H groups in total. The Morgan fingerprint density at radius 1 is 1.22 bits per heavy atom. The number of rotatable bonds is 4. The van der Waals surface area contributed by atoms with E-state index in [9.17, 15) is 0 Å². The van der Waals surface area contributed by atoms with Crippen molar-refractivity contribution in [1.29, 1.82) is 5.26 Å². The van der Waals surface area contributed by atoms with Gasteiger partial charge in [-0.1, -0.05) is 12.1 Å². The lowest BCUT2D eigenvalue weighted by atomic mass is 9.87. The Balaban J connectivity index is 1.76. The van der Waals surface area contributed by atoms with Crippen LogP contribution in [-0.2, 0) is 6.54 Å². The fraction of sp³-hybridized carbons (Fsp3) is 0.533. The molecule has 0 unspecified atom stereocenters. The lowest BCUT2D eigenvalue weighted by molar-refractivity contribution is 0.331. The lowest BCUT2D eigenvalue weighted by Gasteiger charge is -2.25. The van der Waals surface area contributed by atoms with Gasteiger partial charge in [0.1, 0.15) is 5.75 Å². The first kappa shape index (κ1) is 12.9. The third kappa shape index (κ3) is 3.48. The third-order valence-corrected chi connectivity index (χ3v) is 3.66. The van der Waals surface area contributed by atoms with Gasteiger partial charge in [-0.2, -0.15) is 5.26 Å². The van der Waals surface area contributed by atoms with Crippen LogP contribution in [0, 0.1) is 17.2 Å². The molecule has 1 aromatic rings. The SMILES string of the molecule is COc1ccc(CNC2CCC(C#N)CC2)cc1. The van der Waals surface area contributed by atoms with E-state index >= 15 is 0 Å². The van der Waals surface area contributed by atoms with Crippen LogP contribution in [-0.4, -0.2) is 13.2 Å². The van der Waals surface area contributed by atoms with Gasteiger partial charge in [0, 0.05) is 18.5 Å². The van der Waals surface area contributed by atoms with E-state index in [1.54, 1.807) is 7.11 Å². The maximum atomic E-state index is 8.85.